The molecule has 24 heavy (non-hydrogen) atoms. The zero-order chi connectivity index (χ0) is 17.7. The van der Waals surface area contributed by atoms with Crippen LogP contribution in [-0.2, 0) is 11.3 Å². The van der Waals surface area contributed by atoms with Crippen molar-refractivity contribution in [2.75, 3.05) is 19.6 Å². The van der Waals surface area contributed by atoms with E-state index in [1.54, 1.807) is 6.20 Å². The van der Waals surface area contributed by atoms with E-state index in [1.807, 2.05) is 34.9 Å². The molecule has 1 aliphatic rings. The maximum Gasteiger partial charge on any atom is 0.242 e. The number of aromatic nitrogens is 1. The molecule has 1 aromatic heterocycles. The summed E-state index contributed by atoms with van der Waals surface area (Å²) in [6.07, 6.45) is 1.77. The molecule has 0 saturated carbocycles. The summed E-state index contributed by atoms with van der Waals surface area (Å²) in [5.74, 6) is 0.915. The van der Waals surface area contributed by atoms with E-state index in [-0.39, 0.29) is 17.5 Å². The van der Waals surface area contributed by atoms with Crippen LogP contribution in [0.2, 0.25) is 0 Å². The van der Waals surface area contributed by atoms with E-state index in [2.05, 4.69) is 43.0 Å². The molecule has 0 bridgehead atoms. The fourth-order valence-corrected chi connectivity index (χ4v) is 3.39. The first-order chi connectivity index (χ1) is 11.3. The van der Waals surface area contributed by atoms with Crippen LogP contribution in [0.25, 0.3) is 0 Å². The van der Waals surface area contributed by atoms with Crippen LogP contribution in [0.5, 0.6) is 0 Å². The van der Waals surface area contributed by atoms with Crippen LogP contribution in [0.3, 0.4) is 0 Å². The Balaban J connectivity index is 2.18. The van der Waals surface area contributed by atoms with Gasteiger partial charge in [-0.15, -0.1) is 0 Å². The van der Waals surface area contributed by atoms with Crippen LogP contribution in [-0.4, -0.2) is 57.9 Å². The SMILES string of the molecule is CCNC(=NCc1ccccn1)N1CC(=O)N(C(C)C)C(C)(C)C1. The first-order valence-electron chi connectivity index (χ1n) is 8.60. The molecule has 0 atom stereocenters. The largest absolute Gasteiger partial charge is 0.356 e. The fraction of sp³-hybridized carbons (Fsp3) is 0.611. The van der Waals surface area contributed by atoms with Crippen LogP contribution in [0, 0.1) is 0 Å². The Morgan fingerprint density at radius 3 is 2.71 bits per heavy atom. The molecule has 1 fully saturated rings. The second-order valence-corrected chi connectivity index (χ2v) is 7.02. The molecule has 132 valence electrons. The topological polar surface area (TPSA) is 60.8 Å². The van der Waals surface area contributed by atoms with Gasteiger partial charge in [0.15, 0.2) is 5.96 Å². The number of nitrogens with one attached hydrogen (secondary N) is 1. The first kappa shape index (κ1) is 18.2. The molecule has 2 rings (SSSR count). The Hall–Kier alpha value is -2.11. The Bertz CT molecular complexity index is 582. The van der Waals surface area contributed by atoms with Gasteiger partial charge in [0.1, 0.15) is 0 Å². The predicted octanol–water partition coefficient (Wildman–Crippen LogP) is 1.88. The lowest BCUT2D eigenvalue weighted by Gasteiger charge is -2.49. The third-order valence-electron chi connectivity index (χ3n) is 4.09. The van der Waals surface area contributed by atoms with Crippen LogP contribution >= 0.6 is 0 Å². The van der Waals surface area contributed by atoms with Crippen LogP contribution in [0.1, 0.15) is 40.3 Å². The summed E-state index contributed by atoms with van der Waals surface area (Å²) in [6, 6.07) is 6.00. The molecule has 1 aliphatic heterocycles. The third-order valence-corrected chi connectivity index (χ3v) is 4.09. The van der Waals surface area contributed by atoms with Crippen molar-refractivity contribution in [2.24, 2.45) is 4.99 Å². The van der Waals surface area contributed by atoms with E-state index in [1.165, 1.54) is 0 Å². The maximum atomic E-state index is 12.6. The molecule has 0 aliphatic carbocycles. The fourth-order valence-electron chi connectivity index (χ4n) is 3.39. The van der Waals surface area contributed by atoms with E-state index >= 15 is 0 Å². The van der Waals surface area contributed by atoms with Gasteiger partial charge >= 0.3 is 0 Å². The minimum absolute atomic E-state index is 0.143. The molecule has 1 amide bonds. The highest BCUT2D eigenvalue weighted by Crippen LogP contribution is 2.24. The summed E-state index contributed by atoms with van der Waals surface area (Å²) in [6.45, 7) is 12.8. The number of piperazine rings is 1. The number of carbonyl (C=O) groups excluding carboxylic acids is 1. The van der Waals surface area contributed by atoms with Gasteiger partial charge < -0.3 is 15.1 Å². The molecule has 1 aromatic rings. The molecule has 0 radical (unpaired) electrons. The summed E-state index contributed by atoms with van der Waals surface area (Å²) < 4.78 is 0. The number of guanidine groups is 1. The van der Waals surface area contributed by atoms with Crippen molar-refractivity contribution < 1.29 is 4.79 Å². The Morgan fingerprint density at radius 1 is 1.42 bits per heavy atom. The van der Waals surface area contributed by atoms with Crippen molar-refractivity contribution in [2.45, 2.75) is 52.7 Å². The lowest BCUT2D eigenvalue weighted by atomic mass is 9.96. The van der Waals surface area contributed by atoms with Gasteiger partial charge in [0.2, 0.25) is 5.91 Å². The Kier molecular flexibility index (Phi) is 5.80. The molecule has 0 unspecified atom stereocenters. The highest BCUT2D eigenvalue weighted by atomic mass is 16.2. The van der Waals surface area contributed by atoms with Gasteiger partial charge in [0.05, 0.1) is 24.3 Å². The smallest absolute Gasteiger partial charge is 0.242 e. The lowest BCUT2D eigenvalue weighted by molar-refractivity contribution is -0.145. The van der Waals surface area contributed by atoms with Crippen molar-refractivity contribution in [3.05, 3.63) is 30.1 Å². The normalized spacial score (nSPS) is 18.2. The van der Waals surface area contributed by atoms with Gasteiger partial charge in [-0.05, 0) is 46.8 Å². The second kappa shape index (κ2) is 7.64. The molecule has 0 spiro atoms. The summed E-state index contributed by atoms with van der Waals surface area (Å²) in [4.78, 5) is 25.6. The average Bonchev–Trinajstić information content (AvgIpc) is 2.50. The van der Waals surface area contributed by atoms with Crippen LogP contribution in [0.4, 0.5) is 0 Å². The Morgan fingerprint density at radius 2 is 2.17 bits per heavy atom. The highest BCUT2D eigenvalue weighted by molar-refractivity contribution is 5.88. The highest BCUT2D eigenvalue weighted by Gasteiger charge is 2.40. The molecular weight excluding hydrogens is 302 g/mol. The standard InChI is InChI=1S/C18H29N5O/c1-6-19-17(21-11-15-9-7-8-10-20-15)22-12-16(24)23(14(2)3)18(4,5)13-22/h7-10,14H,6,11-13H2,1-5H3,(H,19,21). The summed E-state index contributed by atoms with van der Waals surface area (Å²) in [5, 5.41) is 3.30. The minimum Gasteiger partial charge on any atom is -0.356 e. The number of aliphatic imine (C=N–C) groups is 1. The van der Waals surface area contributed by atoms with Gasteiger partial charge in [0.25, 0.3) is 0 Å². The predicted molar refractivity (Wildman–Crippen MR) is 96.7 cm³/mol. The maximum absolute atomic E-state index is 12.6. The number of pyridine rings is 1. The first-order valence-corrected chi connectivity index (χ1v) is 8.60. The van der Waals surface area contributed by atoms with E-state index in [0.717, 1.165) is 24.7 Å². The average molecular weight is 331 g/mol. The van der Waals surface area contributed by atoms with Gasteiger partial charge in [0, 0.05) is 25.3 Å². The quantitative estimate of drug-likeness (QED) is 0.676. The summed E-state index contributed by atoms with van der Waals surface area (Å²) in [7, 11) is 0. The zero-order valence-corrected chi connectivity index (χ0v) is 15.4. The van der Waals surface area contributed by atoms with Crippen molar-refractivity contribution in [1.82, 2.24) is 20.1 Å². The molecule has 2 heterocycles. The molecule has 6 heteroatoms. The van der Waals surface area contributed by atoms with Crippen molar-refractivity contribution in [3.8, 4) is 0 Å². The summed E-state index contributed by atoms with van der Waals surface area (Å²) >= 11 is 0. The number of rotatable bonds is 4. The number of hydrogen-bond donors (Lipinski definition) is 1. The second-order valence-electron chi connectivity index (χ2n) is 7.02. The minimum atomic E-state index is -0.231. The zero-order valence-electron chi connectivity index (χ0n) is 15.4. The van der Waals surface area contributed by atoms with Gasteiger partial charge in [-0.1, -0.05) is 6.07 Å². The van der Waals surface area contributed by atoms with Crippen LogP contribution < -0.4 is 5.32 Å². The number of amides is 1. The lowest BCUT2D eigenvalue weighted by Crippen LogP contribution is -2.66. The van der Waals surface area contributed by atoms with Crippen molar-refractivity contribution >= 4 is 11.9 Å². The van der Waals surface area contributed by atoms with Gasteiger partial charge in [-0.2, -0.15) is 0 Å². The van der Waals surface area contributed by atoms with E-state index < -0.39 is 0 Å². The molecular formula is C18H29N5O. The molecule has 1 saturated heterocycles. The number of nitrogens with zero attached hydrogens (tertiary/aromatic N) is 4. The van der Waals surface area contributed by atoms with Crippen molar-refractivity contribution in [3.63, 3.8) is 0 Å². The molecule has 1 N–H and O–H groups in total. The van der Waals surface area contributed by atoms with E-state index in [9.17, 15) is 4.79 Å². The monoisotopic (exact) mass is 331 g/mol. The molecule has 0 aromatic carbocycles. The van der Waals surface area contributed by atoms with Gasteiger partial charge in [-0.25, -0.2) is 4.99 Å². The summed E-state index contributed by atoms with van der Waals surface area (Å²) in [5.41, 5.74) is 0.685. The van der Waals surface area contributed by atoms with E-state index in [4.69, 9.17) is 0 Å². The van der Waals surface area contributed by atoms with Gasteiger partial charge in [-0.3, -0.25) is 9.78 Å². The Labute approximate surface area is 145 Å². The van der Waals surface area contributed by atoms with E-state index in [0.29, 0.717) is 13.1 Å². The van der Waals surface area contributed by atoms with Crippen molar-refractivity contribution in [1.29, 1.82) is 0 Å². The van der Waals surface area contributed by atoms with Crippen LogP contribution in [0.15, 0.2) is 29.4 Å². The number of hydrogen-bond acceptors (Lipinski definition) is 3. The molecule has 6 nitrogen and oxygen atoms in total. The number of carbonyl (C=O) groups is 1. The third kappa shape index (κ3) is 4.24.